The summed E-state index contributed by atoms with van der Waals surface area (Å²) in [5, 5.41) is 15.4. The smallest absolute Gasteiger partial charge is 0.191 e. The molecule has 0 amide bonds. The van der Waals surface area contributed by atoms with E-state index in [1.54, 1.807) is 0 Å². The fourth-order valence-corrected chi connectivity index (χ4v) is 2.77. The van der Waals surface area contributed by atoms with E-state index in [-0.39, 0.29) is 42.6 Å². The predicted octanol–water partition coefficient (Wildman–Crippen LogP) is 3.73. The van der Waals surface area contributed by atoms with Crippen LogP contribution in [-0.2, 0) is 6.42 Å². The lowest BCUT2D eigenvalue weighted by molar-refractivity contribution is 0.245. The van der Waals surface area contributed by atoms with Crippen LogP contribution in [0.3, 0.4) is 0 Å². The third-order valence-corrected chi connectivity index (χ3v) is 3.92. The molecule has 0 bridgehead atoms. The van der Waals surface area contributed by atoms with Gasteiger partial charge in [-0.05, 0) is 50.2 Å². The molecule has 0 spiro atoms. The SMILES string of the molecule is CCNC(=NCC(CCO)CC(C)C)NCCc1c(F)cccc1F.I. The van der Waals surface area contributed by atoms with Crippen LogP contribution in [0.4, 0.5) is 8.78 Å². The van der Waals surface area contributed by atoms with Gasteiger partial charge in [0.15, 0.2) is 5.96 Å². The highest BCUT2D eigenvalue weighted by Crippen LogP contribution is 2.15. The molecule has 0 aliphatic heterocycles. The molecule has 1 unspecified atom stereocenters. The second-order valence-corrected chi connectivity index (χ2v) is 6.60. The fourth-order valence-electron chi connectivity index (χ4n) is 2.77. The van der Waals surface area contributed by atoms with E-state index in [4.69, 9.17) is 0 Å². The Balaban J connectivity index is 0.00000625. The zero-order chi connectivity index (χ0) is 18.7. The van der Waals surface area contributed by atoms with E-state index >= 15 is 0 Å². The van der Waals surface area contributed by atoms with Gasteiger partial charge >= 0.3 is 0 Å². The molecular weight excluding hydrogens is 451 g/mol. The summed E-state index contributed by atoms with van der Waals surface area (Å²) >= 11 is 0. The second-order valence-electron chi connectivity index (χ2n) is 6.60. The van der Waals surface area contributed by atoms with Crippen molar-refractivity contribution in [3.8, 4) is 0 Å². The third kappa shape index (κ3) is 9.66. The Hall–Kier alpha value is -0.960. The number of guanidine groups is 1. The maximum absolute atomic E-state index is 13.6. The molecule has 0 radical (unpaired) electrons. The van der Waals surface area contributed by atoms with Crippen LogP contribution >= 0.6 is 24.0 Å². The van der Waals surface area contributed by atoms with Gasteiger partial charge in [0.25, 0.3) is 0 Å². The minimum atomic E-state index is -0.524. The Morgan fingerprint density at radius 1 is 1.19 bits per heavy atom. The largest absolute Gasteiger partial charge is 0.396 e. The Morgan fingerprint density at radius 2 is 1.85 bits per heavy atom. The Bertz CT molecular complexity index is 521. The molecule has 0 saturated carbocycles. The van der Waals surface area contributed by atoms with Gasteiger partial charge in [-0.2, -0.15) is 0 Å². The van der Waals surface area contributed by atoms with E-state index in [2.05, 4.69) is 29.5 Å². The number of aliphatic hydroxyl groups excluding tert-OH is 1. The first-order chi connectivity index (χ1) is 12.0. The average molecular weight is 483 g/mol. The van der Waals surface area contributed by atoms with Crippen LogP contribution in [0.1, 0.15) is 39.2 Å². The van der Waals surface area contributed by atoms with E-state index in [0.29, 0.717) is 37.4 Å². The molecular formula is C19H32F2IN3O. The van der Waals surface area contributed by atoms with Gasteiger partial charge < -0.3 is 15.7 Å². The maximum Gasteiger partial charge on any atom is 0.191 e. The highest BCUT2D eigenvalue weighted by Gasteiger charge is 2.11. The van der Waals surface area contributed by atoms with Crippen molar-refractivity contribution in [3.05, 3.63) is 35.4 Å². The zero-order valence-electron chi connectivity index (χ0n) is 15.9. The molecule has 0 aromatic heterocycles. The van der Waals surface area contributed by atoms with Crippen LogP contribution in [0.5, 0.6) is 0 Å². The third-order valence-electron chi connectivity index (χ3n) is 3.92. The molecule has 0 fully saturated rings. The van der Waals surface area contributed by atoms with Crippen molar-refractivity contribution in [2.75, 3.05) is 26.2 Å². The van der Waals surface area contributed by atoms with Crippen molar-refractivity contribution in [3.63, 3.8) is 0 Å². The first-order valence-corrected chi connectivity index (χ1v) is 9.03. The van der Waals surface area contributed by atoms with Crippen LogP contribution in [0.25, 0.3) is 0 Å². The van der Waals surface area contributed by atoms with Crippen molar-refractivity contribution < 1.29 is 13.9 Å². The highest BCUT2D eigenvalue weighted by atomic mass is 127. The lowest BCUT2D eigenvalue weighted by Gasteiger charge is -2.17. The number of aliphatic hydroxyl groups is 1. The topological polar surface area (TPSA) is 56.7 Å². The van der Waals surface area contributed by atoms with Crippen molar-refractivity contribution in [1.29, 1.82) is 0 Å². The van der Waals surface area contributed by atoms with Gasteiger partial charge in [-0.25, -0.2) is 8.78 Å². The minimum absolute atomic E-state index is 0. The number of aliphatic imine (C=N–C) groups is 1. The molecule has 3 N–H and O–H groups in total. The van der Waals surface area contributed by atoms with Gasteiger partial charge in [-0.15, -0.1) is 24.0 Å². The van der Waals surface area contributed by atoms with E-state index in [0.717, 1.165) is 12.8 Å². The zero-order valence-corrected chi connectivity index (χ0v) is 18.2. The average Bonchev–Trinajstić information content (AvgIpc) is 2.54. The minimum Gasteiger partial charge on any atom is -0.396 e. The first kappa shape index (κ1) is 25.0. The summed E-state index contributed by atoms with van der Waals surface area (Å²) in [6, 6.07) is 3.90. The van der Waals surface area contributed by atoms with Crippen LogP contribution in [0, 0.1) is 23.5 Å². The van der Waals surface area contributed by atoms with Crippen LogP contribution in [0.15, 0.2) is 23.2 Å². The number of nitrogens with one attached hydrogen (secondary N) is 2. The molecule has 26 heavy (non-hydrogen) atoms. The van der Waals surface area contributed by atoms with Crippen LogP contribution in [-0.4, -0.2) is 37.3 Å². The van der Waals surface area contributed by atoms with Crippen molar-refractivity contribution >= 4 is 29.9 Å². The van der Waals surface area contributed by atoms with Gasteiger partial charge in [0.1, 0.15) is 11.6 Å². The van der Waals surface area contributed by atoms with Crippen molar-refractivity contribution in [2.45, 2.75) is 40.0 Å². The molecule has 1 atom stereocenters. The number of hydrogen-bond acceptors (Lipinski definition) is 2. The monoisotopic (exact) mass is 483 g/mol. The van der Waals surface area contributed by atoms with Crippen molar-refractivity contribution in [1.82, 2.24) is 10.6 Å². The number of rotatable bonds is 10. The number of benzene rings is 1. The Morgan fingerprint density at radius 3 is 2.38 bits per heavy atom. The molecule has 0 heterocycles. The molecule has 7 heteroatoms. The molecule has 150 valence electrons. The lowest BCUT2D eigenvalue weighted by Crippen LogP contribution is -2.39. The number of nitrogens with zero attached hydrogens (tertiary/aromatic N) is 1. The second kappa shape index (κ2) is 14.1. The quantitative estimate of drug-likeness (QED) is 0.270. The van der Waals surface area contributed by atoms with Gasteiger partial charge in [0, 0.05) is 31.8 Å². The first-order valence-electron chi connectivity index (χ1n) is 9.03. The van der Waals surface area contributed by atoms with E-state index in [9.17, 15) is 13.9 Å². The summed E-state index contributed by atoms with van der Waals surface area (Å²) in [4.78, 5) is 4.56. The lowest BCUT2D eigenvalue weighted by atomic mass is 9.94. The molecule has 1 rings (SSSR count). The Kier molecular flexibility index (Phi) is 13.6. The molecule has 0 saturated heterocycles. The van der Waals surface area contributed by atoms with Crippen molar-refractivity contribution in [2.24, 2.45) is 16.8 Å². The standard InChI is InChI=1S/C19H31F2N3O.HI/c1-4-22-19(24-13-15(9-11-25)12-14(2)3)23-10-8-16-17(20)6-5-7-18(16)21;/h5-7,14-15,25H,4,8-13H2,1-3H3,(H2,22,23,24);1H. The van der Waals surface area contributed by atoms with Gasteiger partial charge in [0.05, 0.1) is 0 Å². The molecule has 1 aromatic rings. The van der Waals surface area contributed by atoms with E-state index < -0.39 is 11.6 Å². The maximum atomic E-state index is 13.6. The summed E-state index contributed by atoms with van der Waals surface area (Å²) in [5.41, 5.74) is 0.0869. The van der Waals surface area contributed by atoms with Gasteiger partial charge in [-0.1, -0.05) is 19.9 Å². The number of halogens is 3. The van der Waals surface area contributed by atoms with Gasteiger partial charge in [-0.3, -0.25) is 4.99 Å². The molecule has 0 aliphatic rings. The van der Waals surface area contributed by atoms with Crippen LogP contribution in [0.2, 0.25) is 0 Å². The Labute approximate surface area is 172 Å². The summed E-state index contributed by atoms with van der Waals surface area (Å²) in [6.45, 7) is 8.13. The summed E-state index contributed by atoms with van der Waals surface area (Å²) < 4.78 is 27.3. The molecule has 0 aliphatic carbocycles. The summed E-state index contributed by atoms with van der Waals surface area (Å²) in [6.07, 6.45) is 1.97. The van der Waals surface area contributed by atoms with Gasteiger partial charge in [0.2, 0.25) is 0 Å². The number of hydrogen-bond donors (Lipinski definition) is 3. The normalized spacial score (nSPS) is 12.7. The fraction of sp³-hybridized carbons (Fsp3) is 0.632. The molecule has 4 nitrogen and oxygen atoms in total. The highest BCUT2D eigenvalue weighted by molar-refractivity contribution is 14.0. The summed E-state index contributed by atoms with van der Waals surface area (Å²) in [5.74, 6) is 0.453. The summed E-state index contributed by atoms with van der Waals surface area (Å²) in [7, 11) is 0. The predicted molar refractivity (Wildman–Crippen MR) is 114 cm³/mol. The van der Waals surface area contributed by atoms with Crippen LogP contribution < -0.4 is 10.6 Å². The molecule has 1 aromatic carbocycles. The van der Waals surface area contributed by atoms with E-state index in [1.807, 2.05) is 6.92 Å². The van der Waals surface area contributed by atoms with E-state index in [1.165, 1.54) is 18.2 Å².